The lowest BCUT2D eigenvalue weighted by molar-refractivity contribution is -0.129. The Morgan fingerprint density at radius 1 is 1.47 bits per heavy atom. The summed E-state index contributed by atoms with van der Waals surface area (Å²) in [6, 6.07) is 5.24. The minimum absolute atomic E-state index is 0.0538. The lowest BCUT2D eigenvalue weighted by Gasteiger charge is -2.17. The number of aromatic nitrogens is 1. The molecule has 6 nitrogen and oxygen atoms in total. The zero-order valence-electron chi connectivity index (χ0n) is 10.7. The van der Waals surface area contributed by atoms with Crippen molar-refractivity contribution in [3.05, 3.63) is 28.5 Å². The Labute approximate surface area is 119 Å². The Hall–Kier alpha value is -1.63. The van der Waals surface area contributed by atoms with E-state index in [1.807, 2.05) is 13.8 Å². The molecular weight excluding hydrogens is 314 g/mol. The first-order valence-corrected chi connectivity index (χ1v) is 6.55. The van der Waals surface area contributed by atoms with E-state index in [0.717, 1.165) is 0 Å². The number of rotatable bonds is 5. The number of nitrogens with two attached hydrogens (primary N) is 1. The Bertz CT molecular complexity index is 465. The molecule has 0 aromatic carbocycles. The second kappa shape index (κ2) is 7.08. The Kier molecular flexibility index (Phi) is 5.75. The van der Waals surface area contributed by atoms with Crippen LogP contribution in [0.1, 0.15) is 19.5 Å². The molecule has 0 saturated carbocycles. The largest absolute Gasteiger partial charge is 0.436 e. The van der Waals surface area contributed by atoms with Crippen molar-refractivity contribution in [2.75, 3.05) is 0 Å². The van der Waals surface area contributed by atoms with Crippen LogP contribution in [0.25, 0.3) is 0 Å². The maximum absolute atomic E-state index is 11.9. The van der Waals surface area contributed by atoms with Crippen LogP contribution >= 0.6 is 15.9 Å². The van der Waals surface area contributed by atoms with Gasteiger partial charge in [0.25, 0.3) is 5.91 Å². The fourth-order valence-electron chi connectivity index (χ4n) is 1.46. The molecule has 1 unspecified atom stereocenters. The second-order valence-corrected chi connectivity index (χ2v) is 5.06. The number of hydrogen-bond donors (Lipinski definition) is 2. The van der Waals surface area contributed by atoms with Crippen molar-refractivity contribution in [2.24, 2.45) is 5.73 Å². The lowest BCUT2D eigenvalue weighted by Crippen LogP contribution is -2.43. The van der Waals surface area contributed by atoms with Crippen molar-refractivity contribution in [2.45, 2.75) is 32.4 Å². The number of carbonyl (C=O) groups excluding carboxylic acids is 2. The molecule has 0 aliphatic carbocycles. The van der Waals surface area contributed by atoms with Gasteiger partial charge >= 0.3 is 6.09 Å². The van der Waals surface area contributed by atoms with E-state index in [4.69, 9.17) is 10.5 Å². The maximum Gasteiger partial charge on any atom is 0.405 e. The van der Waals surface area contributed by atoms with Gasteiger partial charge in [-0.2, -0.15) is 0 Å². The average molecular weight is 330 g/mol. The first-order chi connectivity index (χ1) is 8.88. The molecule has 1 rings (SSSR count). The number of pyridine rings is 1. The van der Waals surface area contributed by atoms with Crippen LogP contribution in [0, 0.1) is 0 Å². The van der Waals surface area contributed by atoms with Gasteiger partial charge in [0.1, 0.15) is 4.60 Å². The predicted octanol–water partition coefficient (Wildman–Crippen LogP) is 1.38. The highest BCUT2D eigenvalue weighted by atomic mass is 79.9. The van der Waals surface area contributed by atoms with E-state index in [9.17, 15) is 9.59 Å². The Balaban J connectivity index is 2.79. The minimum atomic E-state index is -0.987. The molecule has 0 aliphatic rings. The number of primary amides is 1. The van der Waals surface area contributed by atoms with Gasteiger partial charge in [0.2, 0.25) is 0 Å². The van der Waals surface area contributed by atoms with Crippen LogP contribution in [-0.2, 0) is 16.0 Å². The quantitative estimate of drug-likeness (QED) is 0.798. The number of halogens is 1. The maximum atomic E-state index is 11.9. The molecule has 19 heavy (non-hydrogen) atoms. The van der Waals surface area contributed by atoms with Gasteiger partial charge in [0.05, 0.1) is 0 Å². The first-order valence-electron chi connectivity index (χ1n) is 5.76. The highest BCUT2D eigenvalue weighted by molar-refractivity contribution is 9.10. The molecule has 2 amide bonds. The molecular formula is C12H16BrN3O3. The van der Waals surface area contributed by atoms with E-state index in [1.165, 1.54) is 0 Å². The zero-order valence-corrected chi connectivity index (χ0v) is 12.3. The summed E-state index contributed by atoms with van der Waals surface area (Å²) >= 11 is 3.24. The van der Waals surface area contributed by atoms with Crippen LogP contribution in [0.5, 0.6) is 0 Å². The van der Waals surface area contributed by atoms with E-state index < -0.39 is 18.1 Å². The number of ether oxygens (including phenoxy) is 1. The molecule has 0 saturated heterocycles. The smallest absolute Gasteiger partial charge is 0.405 e. The summed E-state index contributed by atoms with van der Waals surface area (Å²) in [6.07, 6.45) is -1.80. The molecule has 1 heterocycles. The van der Waals surface area contributed by atoms with Gasteiger partial charge in [-0.25, -0.2) is 9.78 Å². The third kappa shape index (κ3) is 5.69. The van der Waals surface area contributed by atoms with Gasteiger partial charge in [-0.3, -0.25) is 4.79 Å². The molecule has 1 aromatic heterocycles. The van der Waals surface area contributed by atoms with E-state index in [1.54, 1.807) is 18.2 Å². The van der Waals surface area contributed by atoms with Crippen molar-refractivity contribution in [1.82, 2.24) is 10.3 Å². The summed E-state index contributed by atoms with van der Waals surface area (Å²) in [5.74, 6) is -0.393. The molecule has 0 spiro atoms. The van der Waals surface area contributed by atoms with Gasteiger partial charge in [-0.1, -0.05) is 6.07 Å². The summed E-state index contributed by atoms with van der Waals surface area (Å²) in [7, 11) is 0. The number of amides is 2. The van der Waals surface area contributed by atoms with Crippen molar-refractivity contribution >= 4 is 27.9 Å². The van der Waals surface area contributed by atoms with Crippen LogP contribution in [0.4, 0.5) is 4.79 Å². The van der Waals surface area contributed by atoms with Gasteiger partial charge < -0.3 is 15.8 Å². The molecule has 7 heteroatoms. The van der Waals surface area contributed by atoms with E-state index in [2.05, 4.69) is 26.2 Å². The topological polar surface area (TPSA) is 94.3 Å². The lowest BCUT2D eigenvalue weighted by atomic mass is 10.1. The summed E-state index contributed by atoms with van der Waals surface area (Å²) in [5, 5.41) is 2.67. The van der Waals surface area contributed by atoms with Crippen molar-refractivity contribution in [3.8, 4) is 0 Å². The number of hydrogen-bond acceptors (Lipinski definition) is 4. The minimum Gasteiger partial charge on any atom is -0.436 e. The second-order valence-electron chi connectivity index (χ2n) is 4.24. The molecule has 1 atom stereocenters. The molecule has 3 N–H and O–H groups in total. The van der Waals surface area contributed by atoms with Gasteiger partial charge in [0, 0.05) is 18.2 Å². The zero-order chi connectivity index (χ0) is 14.4. The average Bonchev–Trinajstić information content (AvgIpc) is 2.26. The molecule has 0 bridgehead atoms. The van der Waals surface area contributed by atoms with E-state index in [-0.39, 0.29) is 12.5 Å². The molecule has 1 aromatic rings. The van der Waals surface area contributed by atoms with E-state index in [0.29, 0.717) is 10.3 Å². The van der Waals surface area contributed by atoms with Gasteiger partial charge in [-0.05, 0) is 41.9 Å². The van der Waals surface area contributed by atoms with Gasteiger partial charge in [0.15, 0.2) is 6.10 Å². The number of nitrogens with zero attached hydrogens (tertiary/aromatic N) is 1. The standard InChI is InChI=1S/C12H16BrN3O3/c1-7(2)15-11(17)9(19-12(14)18)6-8-4-3-5-10(13)16-8/h3-5,7,9H,6H2,1-2H3,(H2,14,18)(H,15,17). The fraction of sp³-hybridized carbons (Fsp3) is 0.417. The third-order valence-corrected chi connectivity index (χ3v) is 2.59. The summed E-state index contributed by atoms with van der Waals surface area (Å²) < 4.78 is 5.47. The molecule has 0 aliphatic heterocycles. The van der Waals surface area contributed by atoms with Crippen LogP contribution in [0.2, 0.25) is 0 Å². The number of nitrogens with one attached hydrogen (secondary N) is 1. The Morgan fingerprint density at radius 2 is 2.16 bits per heavy atom. The van der Waals surface area contributed by atoms with Crippen LogP contribution < -0.4 is 11.1 Å². The third-order valence-electron chi connectivity index (χ3n) is 2.15. The summed E-state index contributed by atoms with van der Waals surface area (Å²) in [6.45, 7) is 3.63. The van der Waals surface area contributed by atoms with E-state index >= 15 is 0 Å². The number of carbonyl (C=O) groups is 2. The monoisotopic (exact) mass is 329 g/mol. The SMILES string of the molecule is CC(C)NC(=O)C(Cc1cccc(Br)n1)OC(N)=O. The normalized spacial score (nSPS) is 12.0. The Morgan fingerprint density at radius 3 is 2.68 bits per heavy atom. The van der Waals surface area contributed by atoms with Crippen molar-refractivity contribution in [3.63, 3.8) is 0 Å². The summed E-state index contributed by atoms with van der Waals surface area (Å²) in [4.78, 5) is 26.9. The van der Waals surface area contributed by atoms with Crippen LogP contribution in [0.15, 0.2) is 22.8 Å². The predicted molar refractivity (Wildman–Crippen MR) is 73.4 cm³/mol. The first kappa shape index (κ1) is 15.4. The highest BCUT2D eigenvalue weighted by Crippen LogP contribution is 2.10. The highest BCUT2D eigenvalue weighted by Gasteiger charge is 2.23. The van der Waals surface area contributed by atoms with Gasteiger partial charge in [-0.15, -0.1) is 0 Å². The molecule has 104 valence electrons. The molecule has 0 fully saturated rings. The summed E-state index contributed by atoms with van der Waals surface area (Å²) in [5.41, 5.74) is 5.60. The van der Waals surface area contributed by atoms with Crippen molar-refractivity contribution < 1.29 is 14.3 Å². The fourth-order valence-corrected chi connectivity index (χ4v) is 1.84. The molecule has 0 radical (unpaired) electrons. The van der Waals surface area contributed by atoms with Crippen molar-refractivity contribution in [1.29, 1.82) is 0 Å². The van der Waals surface area contributed by atoms with Crippen LogP contribution in [-0.4, -0.2) is 29.1 Å². The van der Waals surface area contributed by atoms with Crippen LogP contribution in [0.3, 0.4) is 0 Å².